The molecule has 5 heteroatoms. The van der Waals surface area contributed by atoms with Crippen LogP contribution in [0, 0.1) is 13.8 Å². The van der Waals surface area contributed by atoms with Gasteiger partial charge in [0.2, 0.25) is 0 Å². The summed E-state index contributed by atoms with van der Waals surface area (Å²) in [5, 5.41) is 1.16. The Morgan fingerprint density at radius 2 is 1.75 bits per heavy atom. The lowest BCUT2D eigenvalue weighted by Crippen LogP contribution is -2.51. The molecule has 0 saturated carbocycles. The summed E-state index contributed by atoms with van der Waals surface area (Å²) >= 11 is 0. The summed E-state index contributed by atoms with van der Waals surface area (Å²) < 4.78 is 5.49. The van der Waals surface area contributed by atoms with Gasteiger partial charge in [-0.2, -0.15) is 0 Å². The first-order valence-electron chi connectivity index (χ1n) is 9.02. The molecule has 2 aromatic rings. The maximum Gasteiger partial charge on any atom is 0.162 e. The van der Waals surface area contributed by atoms with E-state index in [0.29, 0.717) is 6.04 Å². The topological polar surface area (TPSA) is 41.5 Å². The molecule has 24 heavy (non-hydrogen) atoms. The minimum Gasteiger partial charge on any atom is -0.381 e. The van der Waals surface area contributed by atoms with Gasteiger partial charge in [-0.05, 0) is 50.5 Å². The Bertz CT molecular complexity index is 719. The normalized spacial score (nSPS) is 20.7. The lowest BCUT2D eigenvalue weighted by Gasteiger charge is -2.41. The SMILES string of the molecule is Cc1cc(C)c2ccc(N3CCN(C4CCOCC4)CC3)nc2n1. The largest absolute Gasteiger partial charge is 0.381 e. The molecular formula is C19H26N4O. The fourth-order valence-corrected chi connectivity index (χ4v) is 3.96. The molecular weight excluding hydrogens is 300 g/mol. The molecule has 0 atom stereocenters. The summed E-state index contributed by atoms with van der Waals surface area (Å²) in [6.07, 6.45) is 2.35. The van der Waals surface area contributed by atoms with E-state index in [1.165, 1.54) is 18.4 Å². The van der Waals surface area contributed by atoms with Gasteiger partial charge in [0.25, 0.3) is 0 Å². The quantitative estimate of drug-likeness (QED) is 0.848. The molecule has 4 heterocycles. The predicted octanol–water partition coefficient (Wildman–Crippen LogP) is 2.55. The van der Waals surface area contributed by atoms with Gasteiger partial charge in [0, 0.05) is 56.5 Å². The monoisotopic (exact) mass is 326 g/mol. The zero-order valence-corrected chi connectivity index (χ0v) is 14.7. The lowest BCUT2D eigenvalue weighted by molar-refractivity contribution is 0.0321. The van der Waals surface area contributed by atoms with E-state index in [9.17, 15) is 0 Å². The molecule has 2 aliphatic rings. The first-order valence-corrected chi connectivity index (χ1v) is 9.02. The Labute approximate surface area is 143 Å². The number of piperazine rings is 1. The fourth-order valence-electron chi connectivity index (χ4n) is 3.96. The number of hydrogen-bond acceptors (Lipinski definition) is 5. The third-order valence-electron chi connectivity index (χ3n) is 5.34. The predicted molar refractivity (Wildman–Crippen MR) is 96.6 cm³/mol. The van der Waals surface area contributed by atoms with Gasteiger partial charge in [0.05, 0.1) is 0 Å². The van der Waals surface area contributed by atoms with Crippen molar-refractivity contribution in [3.05, 3.63) is 29.5 Å². The number of ether oxygens (including phenoxy) is 1. The highest BCUT2D eigenvalue weighted by Gasteiger charge is 2.26. The summed E-state index contributed by atoms with van der Waals surface area (Å²) in [5.41, 5.74) is 3.16. The van der Waals surface area contributed by atoms with Gasteiger partial charge in [0.15, 0.2) is 5.65 Å². The van der Waals surface area contributed by atoms with Crippen molar-refractivity contribution in [3.8, 4) is 0 Å². The molecule has 0 amide bonds. The second-order valence-corrected chi connectivity index (χ2v) is 6.99. The molecule has 5 nitrogen and oxygen atoms in total. The van der Waals surface area contributed by atoms with Crippen LogP contribution in [0.3, 0.4) is 0 Å². The number of fused-ring (bicyclic) bond motifs is 1. The number of rotatable bonds is 2. The third-order valence-corrected chi connectivity index (χ3v) is 5.34. The summed E-state index contributed by atoms with van der Waals surface area (Å²) in [6, 6.07) is 7.15. The number of nitrogens with zero attached hydrogens (tertiary/aromatic N) is 4. The highest BCUT2D eigenvalue weighted by atomic mass is 16.5. The van der Waals surface area contributed by atoms with Gasteiger partial charge in [0.1, 0.15) is 5.82 Å². The van der Waals surface area contributed by atoms with E-state index in [1.54, 1.807) is 0 Å². The zero-order valence-electron chi connectivity index (χ0n) is 14.7. The number of aryl methyl sites for hydroxylation is 2. The molecule has 2 aliphatic heterocycles. The van der Waals surface area contributed by atoms with Crippen LogP contribution in [-0.2, 0) is 4.74 Å². The maximum atomic E-state index is 5.49. The highest BCUT2D eigenvalue weighted by molar-refractivity contribution is 5.80. The Morgan fingerprint density at radius 3 is 2.50 bits per heavy atom. The average molecular weight is 326 g/mol. The van der Waals surface area contributed by atoms with Gasteiger partial charge in [-0.1, -0.05) is 0 Å². The molecule has 0 spiro atoms. The molecule has 0 aliphatic carbocycles. The Hall–Kier alpha value is -1.72. The van der Waals surface area contributed by atoms with Gasteiger partial charge < -0.3 is 9.64 Å². The molecule has 0 aromatic carbocycles. The Kier molecular flexibility index (Phi) is 4.37. The van der Waals surface area contributed by atoms with Crippen LogP contribution in [0.2, 0.25) is 0 Å². The maximum absolute atomic E-state index is 5.49. The van der Waals surface area contributed by atoms with Crippen molar-refractivity contribution < 1.29 is 4.74 Å². The van der Waals surface area contributed by atoms with Crippen LogP contribution in [0.15, 0.2) is 18.2 Å². The van der Waals surface area contributed by atoms with Crippen LogP contribution in [0.5, 0.6) is 0 Å². The van der Waals surface area contributed by atoms with E-state index >= 15 is 0 Å². The minimum absolute atomic E-state index is 0.706. The second-order valence-electron chi connectivity index (χ2n) is 6.99. The van der Waals surface area contributed by atoms with Crippen molar-refractivity contribution in [3.63, 3.8) is 0 Å². The number of hydrogen-bond donors (Lipinski definition) is 0. The van der Waals surface area contributed by atoms with Crippen molar-refractivity contribution in [1.82, 2.24) is 14.9 Å². The average Bonchev–Trinajstić information content (AvgIpc) is 2.62. The van der Waals surface area contributed by atoms with Gasteiger partial charge >= 0.3 is 0 Å². The zero-order chi connectivity index (χ0) is 16.5. The highest BCUT2D eigenvalue weighted by Crippen LogP contribution is 2.23. The number of pyridine rings is 2. The Balaban J connectivity index is 1.48. The first-order chi connectivity index (χ1) is 11.7. The van der Waals surface area contributed by atoms with Gasteiger partial charge in [-0.15, -0.1) is 0 Å². The van der Waals surface area contributed by atoms with E-state index in [1.807, 2.05) is 6.92 Å². The summed E-state index contributed by atoms with van der Waals surface area (Å²) in [5.74, 6) is 1.06. The van der Waals surface area contributed by atoms with E-state index in [2.05, 4.69) is 39.9 Å². The molecule has 2 saturated heterocycles. The van der Waals surface area contributed by atoms with Crippen LogP contribution >= 0.6 is 0 Å². The van der Waals surface area contributed by atoms with E-state index in [0.717, 1.165) is 61.9 Å². The minimum atomic E-state index is 0.706. The third kappa shape index (κ3) is 3.10. The molecule has 4 rings (SSSR count). The van der Waals surface area contributed by atoms with Gasteiger partial charge in [-0.25, -0.2) is 9.97 Å². The standard InChI is InChI=1S/C19H26N4O/c1-14-13-15(2)20-19-17(14)3-4-18(21-19)23-9-7-22(8-10-23)16-5-11-24-12-6-16/h3-4,13,16H,5-12H2,1-2H3. The summed E-state index contributed by atoms with van der Waals surface area (Å²) in [4.78, 5) is 14.5. The molecule has 128 valence electrons. The van der Waals surface area contributed by atoms with Crippen LogP contribution in [0.25, 0.3) is 11.0 Å². The first kappa shape index (κ1) is 15.8. The molecule has 0 unspecified atom stereocenters. The van der Waals surface area contributed by atoms with Gasteiger partial charge in [-0.3, -0.25) is 4.90 Å². The second kappa shape index (κ2) is 6.65. The fraction of sp³-hybridized carbons (Fsp3) is 0.579. The number of anilines is 1. The van der Waals surface area contributed by atoms with Crippen LogP contribution in [0.4, 0.5) is 5.82 Å². The van der Waals surface area contributed by atoms with Crippen molar-refractivity contribution in [1.29, 1.82) is 0 Å². The van der Waals surface area contributed by atoms with Crippen LogP contribution in [0.1, 0.15) is 24.1 Å². The van der Waals surface area contributed by atoms with Crippen molar-refractivity contribution >= 4 is 16.9 Å². The Morgan fingerprint density at radius 1 is 1.00 bits per heavy atom. The van der Waals surface area contributed by atoms with E-state index in [-0.39, 0.29) is 0 Å². The number of aromatic nitrogens is 2. The summed E-state index contributed by atoms with van der Waals surface area (Å²) in [7, 11) is 0. The lowest BCUT2D eigenvalue weighted by atomic mass is 10.1. The van der Waals surface area contributed by atoms with E-state index in [4.69, 9.17) is 9.72 Å². The molecule has 0 bridgehead atoms. The molecule has 0 N–H and O–H groups in total. The molecule has 0 radical (unpaired) electrons. The van der Waals surface area contributed by atoms with Crippen molar-refractivity contribution in [2.24, 2.45) is 0 Å². The van der Waals surface area contributed by atoms with Crippen LogP contribution in [-0.4, -0.2) is 60.3 Å². The van der Waals surface area contributed by atoms with Crippen molar-refractivity contribution in [2.45, 2.75) is 32.7 Å². The summed E-state index contributed by atoms with van der Waals surface area (Å²) in [6.45, 7) is 10.3. The van der Waals surface area contributed by atoms with Crippen molar-refractivity contribution in [2.75, 3.05) is 44.3 Å². The molecule has 2 fully saturated rings. The van der Waals surface area contributed by atoms with Crippen LogP contribution < -0.4 is 4.90 Å². The smallest absolute Gasteiger partial charge is 0.162 e. The molecule has 2 aromatic heterocycles. The van der Waals surface area contributed by atoms with E-state index < -0.39 is 0 Å².